The minimum atomic E-state index is -0.436. The van der Waals surface area contributed by atoms with Crippen molar-refractivity contribution in [3.8, 4) is 0 Å². The van der Waals surface area contributed by atoms with Gasteiger partial charge in [-0.1, -0.05) is 30.3 Å². The van der Waals surface area contributed by atoms with E-state index in [1.807, 2.05) is 31.2 Å². The zero-order chi connectivity index (χ0) is 15.5. The van der Waals surface area contributed by atoms with Gasteiger partial charge in [-0.05, 0) is 43.9 Å². The van der Waals surface area contributed by atoms with Gasteiger partial charge in [0.25, 0.3) is 0 Å². The molecule has 0 atom stereocenters. The van der Waals surface area contributed by atoms with Crippen molar-refractivity contribution in [1.29, 1.82) is 0 Å². The van der Waals surface area contributed by atoms with Crippen molar-refractivity contribution >= 4 is 17.6 Å². The predicted octanol–water partition coefficient (Wildman–Crippen LogP) is 3.67. The molecule has 0 N–H and O–H groups in total. The van der Waals surface area contributed by atoms with Crippen LogP contribution in [-0.4, -0.2) is 31.1 Å². The first-order valence-corrected chi connectivity index (χ1v) is 7.58. The standard InChI is InChI=1S/C17H22ClNO2/c1-13(2)19-10-8-17(9-11-19,16(20)21-3)12-14-4-6-15(18)7-5-14/h4-7H,1,8-12H2,2-3H3. The molecule has 0 bridgehead atoms. The number of piperidine rings is 1. The smallest absolute Gasteiger partial charge is 0.312 e. The number of benzene rings is 1. The van der Waals surface area contributed by atoms with Crippen molar-refractivity contribution in [2.45, 2.75) is 26.2 Å². The number of hydrogen-bond donors (Lipinski definition) is 0. The number of halogens is 1. The third kappa shape index (κ3) is 3.59. The van der Waals surface area contributed by atoms with E-state index in [1.54, 1.807) is 0 Å². The molecule has 1 aromatic carbocycles. The number of esters is 1. The molecule has 4 heteroatoms. The van der Waals surface area contributed by atoms with Crippen molar-refractivity contribution < 1.29 is 9.53 Å². The van der Waals surface area contributed by atoms with Gasteiger partial charge in [0.2, 0.25) is 0 Å². The first-order valence-electron chi connectivity index (χ1n) is 7.20. The molecule has 0 radical (unpaired) electrons. The second-order valence-corrected chi connectivity index (χ2v) is 6.23. The van der Waals surface area contributed by atoms with Crippen LogP contribution in [0.1, 0.15) is 25.3 Å². The molecule has 1 heterocycles. The summed E-state index contributed by atoms with van der Waals surface area (Å²) in [6, 6.07) is 7.70. The Morgan fingerprint density at radius 2 is 1.90 bits per heavy atom. The molecule has 1 aliphatic rings. The average Bonchev–Trinajstić information content (AvgIpc) is 2.49. The summed E-state index contributed by atoms with van der Waals surface area (Å²) in [6.07, 6.45) is 2.27. The van der Waals surface area contributed by atoms with Crippen molar-refractivity contribution in [3.63, 3.8) is 0 Å². The van der Waals surface area contributed by atoms with Gasteiger partial charge in [-0.15, -0.1) is 0 Å². The van der Waals surface area contributed by atoms with E-state index in [2.05, 4.69) is 11.5 Å². The molecule has 0 aromatic heterocycles. The van der Waals surface area contributed by atoms with Crippen LogP contribution in [0.15, 0.2) is 36.5 Å². The van der Waals surface area contributed by atoms with Gasteiger partial charge in [0.15, 0.2) is 0 Å². The number of allylic oxidation sites excluding steroid dienone is 1. The second kappa shape index (κ2) is 6.52. The van der Waals surface area contributed by atoms with Gasteiger partial charge in [-0.2, -0.15) is 0 Å². The molecular formula is C17H22ClNO2. The quantitative estimate of drug-likeness (QED) is 0.795. The Morgan fingerprint density at radius 3 is 2.38 bits per heavy atom. The van der Waals surface area contributed by atoms with Crippen molar-refractivity contribution in [2.24, 2.45) is 5.41 Å². The van der Waals surface area contributed by atoms with Crippen LogP contribution >= 0.6 is 11.6 Å². The molecule has 0 unspecified atom stereocenters. The highest BCUT2D eigenvalue weighted by atomic mass is 35.5. The molecule has 0 saturated carbocycles. The van der Waals surface area contributed by atoms with Gasteiger partial charge in [0, 0.05) is 23.8 Å². The number of hydrogen-bond acceptors (Lipinski definition) is 3. The predicted molar refractivity (Wildman–Crippen MR) is 85.2 cm³/mol. The fraction of sp³-hybridized carbons (Fsp3) is 0.471. The third-order valence-corrected chi connectivity index (χ3v) is 4.59. The van der Waals surface area contributed by atoms with Crippen molar-refractivity contribution in [2.75, 3.05) is 20.2 Å². The third-order valence-electron chi connectivity index (χ3n) is 4.33. The van der Waals surface area contributed by atoms with Crippen LogP contribution in [-0.2, 0) is 16.0 Å². The van der Waals surface area contributed by atoms with Crippen LogP contribution in [0.3, 0.4) is 0 Å². The lowest BCUT2D eigenvalue weighted by Gasteiger charge is -2.41. The number of carbonyl (C=O) groups is 1. The Kier molecular flexibility index (Phi) is 4.94. The molecular weight excluding hydrogens is 286 g/mol. The van der Waals surface area contributed by atoms with Crippen LogP contribution in [0.5, 0.6) is 0 Å². The van der Waals surface area contributed by atoms with E-state index in [0.717, 1.165) is 37.2 Å². The van der Waals surface area contributed by atoms with Gasteiger partial charge in [-0.25, -0.2) is 0 Å². The fourth-order valence-corrected chi connectivity index (χ4v) is 3.11. The van der Waals surface area contributed by atoms with Crippen molar-refractivity contribution in [3.05, 3.63) is 47.1 Å². The maximum Gasteiger partial charge on any atom is 0.312 e. The van der Waals surface area contributed by atoms with E-state index < -0.39 is 5.41 Å². The van der Waals surface area contributed by atoms with E-state index in [0.29, 0.717) is 11.4 Å². The summed E-state index contributed by atoms with van der Waals surface area (Å²) in [4.78, 5) is 14.6. The van der Waals surface area contributed by atoms with Crippen molar-refractivity contribution in [1.82, 2.24) is 4.90 Å². The highest BCUT2D eigenvalue weighted by Gasteiger charge is 2.42. The minimum Gasteiger partial charge on any atom is -0.469 e. The number of nitrogens with zero attached hydrogens (tertiary/aromatic N) is 1. The maximum absolute atomic E-state index is 12.3. The topological polar surface area (TPSA) is 29.5 Å². The minimum absolute atomic E-state index is 0.112. The van der Waals surface area contributed by atoms with E-state index in [4.69, 9.17) is 16.3 Å². The number of likely N-dealkylation sites (tertiary alicyclic amines) is 1. The number of methoxy groups -OCH3 is 1. The Labute approximate surface area is 131 Å². The monoisotopic (exact) mass is 307 g/mol. The second-order valence-electron chi connectivity index (χ2n) is 5.80. The Morgan fingerprint density at radius 1 is 1.33 bits per heavy atom. The lowest BCUT2D eigenvalue weighted by atomic mass is 9.73. The summed E-state index contributed by atoms with van der Waals surface area (Å²) < 4.78 is 5.08. The highest BCUT2D eigenvalue weighted by molar-refractivity contribution is 6.30. The summed E-state index contributed by atoms with van der Waals surface area (Å²) in [5.41, 5.74) is 1.74. The van der Waals surface area contributed by atoms with Gasteiger partial charge in [-0.3, -0.25) is 4.79 Å². The summed E-state index contributed by atoms with van der Waals surface area (Å²) >= 11 is 5.92. The van der Waals surface area contributed by atoms with Crippen LogP contribution < -0.4 is 0 Å². The Hall–Kier alpha value is -1.48. The molecule has 21 heavy (non-hydrogen) atoms. The van der Waals surface area contributed by atoms with Gasteiger partial charge in [0.05, 0.1) is 12.5 Å². The SMILES string of the molecule is C=C(C)N1CCC(Cc2ccc(Cl)cc2)(C(=O)OC)CC1. The molecule has 0 aliphatic carbocycles. The first kappa shape index (κ1) is 15.9. The van der Waals surface area contributed by atoms with Crippen LogP contribution in [0.2, 0.25) is 5.02 Å². The van der Waals surface area contributed by atoms with Gasteiger partial charge >= 0.3 is 5.97 Å². The molecule has 1 fully saturated rings. The lowest BCUT2D eigenvalue weighted by Crippen LogP contribution is -2.45. The molecule has 1 saturated heterocycles. The summed E-state index contributed by atoms with van der Waals surface area (Å²) in [5.74, 6) is -0.112. The van der Waals surface area contributed by atoms with E-state index in [-0.39, 0.29) is 5.97 Å². The molecule has 2 rings (SSSR count). The Balaban J connectivity index is 2.17. The largest absolute Gasteiger partial charge is 0.469 e. The van der Waals surface area contributed by atoms with E-state index >= 15 is 0 Å². The molecule has 1 aliphatic heterocycles. The highest BCUT2D eigenvalue weighted by Crippen LogP contribution is 2.37. The van der Waals surface area contributed by atoms with Crippen LogP contribution in [0.4, 0.5) is 0 Å². The fourth-order valence-electron chi connectivity index (χ4n) is 2.98. The molecule has 1 aromatic rings. The summed E-state index contributed by atoms with van der Waals surface area (Å²) in [6.45, 7) is 7.68. The summed E-state index contributed by atoms with van der Waals surface area (Å²) in [7, 11) is 1.47. The van der Waals surface area contributed by atoms with Crippen LogP contribution in [0.25, 0.3) is 0 Å². The van der Waals surface area contributed by atoms with Gasteiger partial charge in [0.1, 0.15) is 0 Å². The zero-order valence-corrected chi connectivity index (χ0v) is 13.4. The molecule has 0 amide bonds. The first-order chi connectivity index (χ1) is 9.97. The molecule has 114 valence electrons. The molecule has 0 spiro atoms. The van der Waals surface area contributed by atoms with Crippen LogP contribution in [0, 0.1) is 5.41 Å². The number of carbonyl (C=O) groups excluding carboxylic acids is 1. The van der Waals surface area contributed by atoms with Gasteiger partial charge < -0.3 is 9.64 Å². The average molecular weight is 308 g/mol. The van der Waals surface area contributed by atoms with E-state index in [9.17, 15) is 4.79 Å². The number of ether oxygens (including phenoxy) is 1. The van der Waals surface area contributed by atoms with E-state index in [1.165, 1.54) is 7.11 Å². The normalized spacial score (nSPS) is 17.4. The maximum atomic E-state index is 12.3. The Bertz CT molecular complexity index is 516. The zero-order valence-electron chi connectivity index (χ0n) is 12.7. The molecule has 3 nitrogen and oxygen atoms in total. The summed E-state index contributed by atoms with van der Waals surface area (Å²) in [5, 5.41) is 0.711. The lowest BCUT2D eigenvalue weighted by molar-refractivity contribution is -0.155. The number of rotatable bonds is 4.